The molecule has 0 aliphatic heterocycles. The third-order valence-electron chi connectivity index (χ3n) is 2.72. The Hall–Kier alpha value is -1.30. The zero-order chi connectivity index (χ0) is 13.8. The molecule has 0 heterocycles. The zero-order valence-corrected chi connectivity index (χ0v) is 11.3. The van der Waals surface area contributed by atoms with Gasteiger partial charge in [-0.15, -0.1) is 0 Å². The van der Waals surface area contributed by atoms with Crippen LogP contribution in [0.1, 0.15) is 44.9 Å². The van der Waals surface area contributed by atoms with Gasteiger partial charge in [-0.25, -0.2) is 9.86 Å². The summed E-state index contributed by atoms with van der Waals surface area (Å²) in [6.45, 7) is 0.520. The zero-order valence-electron chi connectivity index (χ0n) is 11.3. The van der Waals surface area contributed by atoms with Gasteiger partial charge in [-0.05, 0) is 12.8 Å². The van der Waals surface area contributed by atoms with Gasteiger partial charge in [0.1, 0.15) is 0 Å². The molecule has 0 atom stereocenters. The minimum absolute atomic E-state index is 0.00292. The molecule has 2 amide bonds. The van der Waals surface area contributed by atoms with E-state index in [1.165, 1.54) is 12.2 Å². The van der Waals surface area contributed by atoms with Crippen LogP contribution >= 0.6 is 0 Å². The molecular formula is C12H24N2O4. The first-order valence-electron chi connectivity index (χ1n) is 6.35. The Morgan fingerprint density at radius 3 is 2.22 bits per heavy atom. The summed E-state index contributed by atoms with van der Waals surface area (Å²) in [6, 6.07) is 0. The number of hydrogen-bond acceptors (Lipinski definition) is 3. The summed E-state index contributed by atoms with van der Waals surface area (Å²) in [6.07, 6.45) is 5.51. The van der Waals surface area contributed by atoms with Gasteiger partial charge in [0.15, 0.2) is 0 Å². The van der Waals surface area contributed by atoms with Crippen molar-refractivity contribution in [1.29, 1.82) is 0 Å². The second-order valence-corrected chi connectivity index (χ2v) is 4.18. The van der Waals surface area contributed by atoms with E-state index in [1.54, 1.807) is 7.05 Å². The highest BCUT2D eigenvalue weighted by atomic mass is 16.7. The number of nitrogens with one attached hydrogen (secondary N) is 1. The third kappa shape index (κ3) is 9.89. The van der Waals surface area contributed by atoms with Gasteiger partial charge in [0.25, 0.3) is 0 Å². The van der Waals surface area contributed by atoms with E-state index in [4.69, 9.17) is 9.94 Å². The molecule has 0 rings (SSSR count). The van der Waals surface area contributed by atoms with E-state index in [9.17, 15) is 9.59 Å². The summed E-state index contributed by atoms with van der Waals surface area (Å²) < 4.78 is 0. The summed E-state index contributed by atoms with van der Waals surface area (Å²) in [5.74, 6) is 0.00292. The van der Waals surface area contributed by atoms with E-state index in [0.29, 0.717) is 13.0 Å². The van der Waals surface area contributed by atoms with Gasteiger partial charge >= 0.3 is 6.09 Å². The maximum atomic E-state index is 11.3. The fourth-order valence-electron chi connectivity index (χ4n) is 1.56. The van der Waals surface area contributed by atoms with Crippen LogP contribution in [0.25, 0.3) is 0 Å². The number of nitrogens with zero attached hydrogens (tertiary/aromatic N) is 1. The van der Waals surface area contributed by atoms with E-state index in [1.807, 2.05) is 0 Å². The van der Waals surface area contributed by atoms with Crippen LogP contribution in [0.4, 0.5) is 4.79 Å². The average molecular weight is 260 g/mol. The van der Waals surface area contributed by atoms with Crippen molar-refractivity contribution < 1.29 is 19.5 Å². The van der Waals surface area contributed by atoms with Gasteiger partial charge in [0.2, 0.25) is 5.91 Å². The molecule has 0 fully saturated rings. The SMILES string of the molecule is CON(C)C(=O)CCCCCCCCNC(=O)O. The molecule has 0 unspecified atom stereocenters. The van der Waals surface area contributed by atoms with Gasteiger partial charge in [-0.3, -0.25) is 9.63 Å². The fourth-order valence-corrected chi connectivity index (χ4v) is 1.56. The van der Waals surface area contributed by atoms with Crippen LogP contribution in [0.3, 0.4) is 0 Å². The largest absolute Gasteiger partial charge is 0.465 e. The second kappa shape index (κ2) is 10.8. The first-order chi connectivity index (χ1) is 8.57. The first-order valence-corrected chi connectivity index (χ1v) is 6.35. The Bertz CT molecular complexity index is 246. The number of carboxylic acid groups (broad SMARTS) is 1. The lowest BCUT2D eigenvalue weighted by molar-refractivity contribution is -0.168. The number of rotatable bonds is 10. The van der Waals surface area contributed by atoms with Gasteiger partial charge in [0, 0.05) is 20.0 Å². The number of carbonyl (C=O) groups is 2. The van der Waals surface area contributed by atoms with Crippen LogP contribution in [0.15, 0.2) is 0 Å². The average Bonchev–Trinajstić information content (AvgIpc) is 2.35. The van der Waals surface area contributed by atoms with Gasteiger partial charge in [-0.1, -0.05) is 25.7 Å². The summed E-state index contributed by atoms with van der Waals surface area (Å²) in [4.78, 5) is 26.3. The number of hydrogen-bond donors (Lipinski definition) is 2. The molecule has 0 aliphatic rings. The summed E-state index contributed by atoms with van der Waals surface area (Å²) in [7, 11) is 3.08. The van der Waals surface area contributed by atoms with Crippen molar-refractivity contribution in [2.24, 2.45) is 0 Å². The molecule has 0 aromatic rings. The minimum atomic E-state index is -0.962. The van der Waals surface area contributed by atoms with Gasteiger partial charge in [0.05, 0.1) is 7.11 Å². The van der Waals surface area contributed by atoms with Crippen LogP contribution in [0.2, 0.25) is 0 Å². The molecule has 6 nitrogen and oxygen atoms in total. The van der Waals surface area contributed by atoms with Crippen LogP contribution in [0.5, 0.6) is 0 Å². The first kappa shape index (κ1) is 16.7. The van der Waals surface area contributed by atoms with Crippen LogP contribution < -0.4 is 5.32 Å². The Morgan fingerprint density at radius 1 is 1.11 bits per heavy atom. The van der Waals surface area contributed by atoms with Crippen molar-refractivity contribution in [3.8, 4) is 0 Å². The maximum Gasteiger partial charge on any atom is 0.404 e. The Labute approximate surface area is 108 Å². The lowest BCUT2D eigenvalue weighted by Crippen LogP contribution is -2.24. The predicted molar refractivity (Wildman–Crippen MR) is 68.1 cm³/mol. The van der Waals surface area contributed by atoms with Crippen molar-refractivity contribution in [2.45, 2.75) is 44.9 Å². The number of hydroxylamine groups is 2. The van der Waals surface area contributed by atoms with Crippen LogP contribution in [-0.4, -0.2) is 42.9 Å². The van der Waals surface area contributed by atoms with Crippen molar-refractivity contribution in [3.05, 3.63) is 0 Å². The smallest absolute Gasteiger partial charge is 0.404 e. The van der Waals surface area contributed by atoms with E-state index in [0.717, 1.165) is 38.5 Å². The standard InChI is InChI=1S/C12H24N2O4/c1-14(18-2)11(15)9-7-5-3-4-6-8-10-13-12(16)17/h13H,3-10H2,1-2H3,(H,16,17). The molecule has 0 bridgehead atoms. The molecule has 0 saturated carbocycles. The van der Waals surface area contributed by atoms with Gasteiger partial charge < -0.3 is 10.4 Å². The maximum absolute atomic E-state index is 11.3. The molecule has 18 heavy (non-hydrogen) atoms. The fraction of sp³-hybridized carbons (Fsp3) is 0.833. The van der Waals surface area contributed by atoms with Crippen LogP contribution in [-0.2, 0) is 9.63 Å². The highest BCUT2D eigenvalue weighted by molar-refractivity contribution is 5.74. The number of amides is 2. The highest BCUT2D eigenvalue weighted by Crippen LogP contribution is 2.07. The van der Waals surface area contributed by atoms with Gasteiger partial charge in [-0.2, -0.15) is 0 Å². The Morgan fingerprint density at radius 2 is 1.67 bits per heavy atom. The van der Waals surface area contributed by atoms with E-state index in [2.05, 4.69) is 5.32 Å². The summed E-state index contributed by atoms with van der Waals surface area (Å²) in [5, 5.41) is 11.9. The summed E-state index contributed by atoms with van der Waals surface area (Å²) in [5.41, 5.74) is 0. The molecule has 0 radical (unpaired) electrons. The molecule has 0 aromatic carbocycles. The van der Waals surface area contributed by atoms with Crippen LogP contribution in [0, 0.1) is 0 Å². The Balaban J connectivity index is 3.21. The number of unbranched alkanes of at least 4 members (excludes halogenated alkanes) is 5. The monoisotopic (exact) mass is 260 g/mol. The molecule has 6 heteroatoms. The quantitative estimate of drug-likeness (QED) is 0.465. The minimum Gasteiger partial charge on any atom is -0.465 e. The lowest BCUT2D eigenvalue weighted by Gasteiger charge is -2.12. The predicted octanol–water partition coefficient (Wildman–Crippen LogP) is 2.00. The lowest BCUT2D eigenvalue weighted by atomic mass is 10.1. The van der Waals surface area contributed by atoms with Crippen molar-refractivity contribution in [3.63, 3.8) is 0 Å². The molecule has 106 valence electrons. The molecular weight excluding hydrogens is 236 g/mol. The van der Waals surface area contributed by atoms with E-state index in [-0.39, 0.29) is 5.91 Å². The molecule has 0 aromatic heterocycles. The highest BCUT2D eigenvalue weighted by Gasteiger charge is 2.06. The van der Waals surface area contributed by atoms with Crippen molar-refractivity contribution in [2.75, 3.05) is 20.7 Å². The number of carbonyl (C=O) groups excluding carboxylic acids is 1. The second-order valence-electron chi connectivity index (χ2n) is 4.18. The summed E-state index contributed by atoms with van der Waals surface area (Å²) >= 11 is 0. The normalized spacial score (nSPS) is 10.1. The molecule has 0 spiro atoms. The van der Waals surface area contributed by atoms with E-state index >= 15 is 0 Å². The molecule has 0 aliphatic carbocycles. The third-order valence-corrected chi connectivity index (χ3v) is 2.72. The topological polar surface area (TPSA) is 78.9 Å². The van der Waals surface area contributed by atoms with E-state index < -0.39 is 6.09 Å². The van der Waals surface area contributed by atoms with Crippen molar-refractivity contribution >= 4 is 12.0 Å². The van der Waals surface area contributed by atoms with Crippen molar-refractivity contribution in [1.82, 2.24) is 10.4 Å². The molecule has 0 saturated heterocycles. The molecule has 2 N–H and O–H groups in total. The Kier molecular flexibility index (Phi) is 10.0.